The van der Waals surface area contributed by atoms with Gasteiger partial charge in [0, 0.05) is 16.7 Å². The van der Waals surface area contributed by atoms with Crippen LogP contribution in [-0.4, -0.2) is 36.1 Å². The lowest BCUT2D eigenvalue weighted by molar-refractivity contribution is 0.120. The smallest absolute Gasteiger partial charge is 0.250 e. The maximum absolute atomic E-state index is 13.5. The van der Waals surface area contributed by atoms with Crippen molar-refractivity contribution in [2.24, 2.45) is 0 Å². The summed E-state index contributed by atoms with van der Waals surface area (Å²) in [5, 5.41) is 0. The van der Waals surface area contributed by atoms with Gasteiger partial charge >= 0.3 is 0 Å². The number of likely N-dealkylation sites (N-methyl/N-ethyl adjacent to an activating group) is 1. The SMILES string of the molecule is CN1CCCCC1COc1ncc(Br)cc1F. The van der Waals surface area contributed by atoms with Gasteiger partial charge in [-0.3, -0.25) is 0 Å². The van der Waals surface area contributed by atoms with E-state index >= 15 is 0 Å². The summed E-state index contributed by atoms with van der Waals surface area (Å²) in [6, 6.07) is 1.74. The summed E-state index contributed by atoms with van der Waals surface area (Å²) in [6.45, 7) is 1.59. The fourth-order valence-electron chi connectivity index (χ4n) is 2.04. The molecule has 1 aliphatic rings. The van der Waals surface area contributed by atoms with Crippen molar-refractivity contribution >= 4 is 15.9 Å². The topological polar surface area (TPSA) is 25.4 Å². The predicted octanol–water partition coefficient (Wildman–Crippen LogP) is 2.85. The van der Waals surface area contributed by atoms with E-state index in [1.165, 1.54) is 18.9 Å². The van der Waals surface area contributed by atoms with Crippen molar-refractivity contribution < 1.29 is 9.13 Å². The van der Waals surface area contributed by atoms with Crippen LogP contribution in [-0.2, 0) is 0 Å². The van der Waals surface area contributed by atoms with Gasteiger partial charge in [-0.2, -0.15) is 0 Å². The lowest BCUT2D eigenvalue weighted by Gasteiger charge is -2.31. The summed E-state index contributed by atoms with van der Waals surface area (Å²) < 4.78 is 19.5. The van der Waals surface area contributed by atoms with Crippen molar-refractivity contribution in [1.29, 1.82) is 0 Å². The molecule has 1 aromatic heterocycles. The Labute approximate surface area is 109 Å². The van der Waals surface area contributed by atoms with Crippen LogP contribution in [0.4, 0.5) is 4.39 Å². The van der Waals surface area contributed by atoms with Crippen LogP contribution in [0.15, 0.2) is 16.7 Å². The molecule has 2 rings (SSSR count). The highest BCUT2D eigenvalue weighted by atomic mass is 79.9. The summed E-state index contributed by atoms with van der Waals surface area (Å²) in [5.41, 5.74) is 0. The van der Waals surface area contributed by atoms with Gasteiger partial charge < -0.3 is 9.64 Å². The Balaban J connectivity index is 1.92. The molecule has 0 saturated carbocycles. The molecule has 0 amide bonds. The molecule has 1 unspecified atom stereocenters. The molecule has 0 N–H and O–H groups in total. The molecular formula is C12H16BrFN2O. The molecule has 0 aliphatic carbocycles. The first kappa shape index (κ1) is 12.8. The first-order chi connectivity index (χ1) is 8.16. The molecule has 1 aromatic rings. The molecule has 1 aliphatic heterocycles. The van der Waals surface area contributed by atoms with Crippen molar-refractivity contribution in [3.8, 4) is 5.88 Å². The van der Waals surface area contributed by atoms with Crippen LogP contribution in [0.3, 0.4) is 0 Å². The first-order valence-corrected chi connectivity index (χ1v) is 6.60. The number of halogens is 2. The lowest BCUT2D eigenvalue weighted by atomic mass is 10.0. The van der Waals surface area contributed by atoms with Crippen molar-refractivity contribution in [1.82, 2.24) is 9.88 Å². The molecule has 17 heavy (non-hydrogen) atoms. The average Bonchev–Trinajstić information content (AvgIpc) is 2.30. The highest BCUT2D eigenvalue weighted by Crippen LogP contribution is 2.20. The Morgan fingerprint density at radius 1 is 1.59 bits per heavy atom. The molecule has 1 saturated heterocycles. The van der Waals surface area contributed by atoms with Gasteiger partial charge in [-0.05, 0) is 48.4 Å². The minimum atomic E-state index is -0.419. The number of pyridine rings is 1. The van der Waals surface area contributed by atoms with Crippen LogP contribution in [0, 0.1) is 5.82 Å². The Bertz CT molecular complexity index is 389. The summed E-state index contributed by atoms with van der Waals surface area (Å²) in [7, 11) is 2.08. The fraction of sp³-hybridized carbons (Fsp3) is 0.583. The standard InChI is InChI=1S/C12H16BrFN2O/c1-16-5-3-2-4-10(16)8-17-12-11(14)6-9(13)7-15-12/h6-7,10H,2-5,8H2,1H3. The largest absolute Gasteiger partial charge is 0.474 e. The zero-order valence-electron chi connectivity index (χ0n) is 9.83. The number of hydrogen-bond donors (Lipinski definition) is 0. The number of likely N-dealkylation sites (tertiary alicyclic amines) is 1. The van der Waals surface area contributed by atoms with Crippen molar-refractivity contribution in [3.05, 3.63) is 22.6 Å². The highest BCUT2D eigenvalue weighted by Gasteiger charge is 2.20. The van der Waals surface area contributed by atoms with Gasteiger partial charge in [0.25, 0.3) is 0 Å². The third kappa shape index (κ3) is 3.39. The fourth-order valence-corrected chi connectivity index (χ4v) is 2.34. The summed E-state index contributed by atoms with van der Waals surface area (Å²) in [5.74, 6) is -0.329. The van der Waals surface area contributed by atoms with Gasteiger partial charge in [0.15, 0.2) is 5.82 Å². The van der Waals surface area contributed by atoms with Crippen LogP contribution < -0.4 is 4.74 Å². The minimum absolute atomic E-state index is 0.0900. The monoisotopic (exact) mass is 302 g/mol. The van der Waals surface area contributed by atoms with Crippen LogP contribution in [0.5, 0.6) is 5.88 Å². The molecule has 0 radical (unpaired) electrons. The van der Waals surface area contributed by atoms with E-state index in [0.717, 1.165) is 13.0 Å². The number of ether oxygens (including phenoxy) is 1. The van der Waals surface area contributed by atoms with E-state index in [-0.39, 0.29) is 5.88 Å². The van der Waals surface area contributed by atoms with E-state index < -0.39 is 5.82 Å². The predicted molar refractivity (Wildman–Crippen MR) is 67.7 cm³/mol. The molecule has 0 spiro atoms. The quantitative estimate of drug-likeness (QED) is 0.858. The third-order valence-corrected chi connectivity index (χ3v) is 3.54. The number of piperidine rings is 1. The van der Waals surface area contributed by atoms with E-state index in [9.17, 15) is 4.39 Å². The number of hydrogen-bond acceptors (Lipinski definition) is 3. The summed E-state index contributed by atoms with van der Waals surface area (Å²) in [4.78, 5) is 6.19. The average molecular weight is 303 g/mol. The molecule has 2 heterocycles. The Kier molecular flexibility index (Phi) is 4.34. The summed E-state index contributed by atoms with van der Waals surface area (Å²) in [6.07, 6.45) is 5.10. The maximum atomic E-state index is 13.5. The summed E-state index contributed by atoms with van der Waals surface area (Å²) >= 11 is 3.17. The molecule has 5 heteroatoms. The Morgan fingerprint density at radius 2 is 2.41 bits per heavy atom. The van der Waals surface area contributed by atoms with Crippen molar-refractivity contribution in [2.45, 2.75) is 25.3 Å². The number of aromatic nitrogens is 1. The van der Waals surface area contributed by atoms with Crippen LogP contribution in [0.25, 0.3) is 0 Å². The second kappa shape index (κ2) is 5.78. The van der Waals surface area contributed by atoms with Gasteiger partial charge in [0.05, 0.1) is 0 Å². The molecule has 1 atom stereocenters. The molecule has 94 valence electrons. The van der Waals surface area contributed by atoms with Gasteiger partial charge in [-0.15, -0.1) is 0 Å². The van der Waals surface area contributed by atoms with Gasteiger partial charge in [0.2, 0.25) is 5.88 Å². The van der Waals surface area contributed by atoms with Crippen LogP contribution >= 0.6 is 15.9 Å². The van der Waals surface area contributed by atoms with E-state index in [1.807, 2.05) is 0 Å². The van der Waals surface area contributed by atoms with E-state index in [0.29, 0.717) is 17.1 Å². The van der Waals surface area contributed by atoms with E-state index in [4.69, 9.17) is 4.74 Å². The lowest BCUT2D eigenvalue weighted by Crippen LogP contribution is -2.40. The number of nitrogens with zero attached hydrogens (tertiary/aromatic N) is 2. The molecule has 3 nitrogen and oxygen atoms in total. The third-order valence-electron chi connectivity index (χ3n) is 3.11. The molecule has 1 fully saturated rings. The normalized spacial score (nSPS) is 21.5. The highest BCUT2D eigenvalue weighted by molar-refractivity contribution is 9.10. The molecule has 0 bridgehead atoms. The Morgan fingerprint density at radius 3 is 3.12 bits per heavy atom. The minimum Gasteiger partial charge on any atom is -0.474 e. The zero-order chi connectivity index (χ0) is 12.3. The van der Waals surface area contributed by atoms with E-state index in [2.05, 4.69) is 32.9 Å². The second-order valence-corrected chi connectivity index (χ2v) is 5.30. The maximum Gasteiger partial charge on any atom is 0.250 e. The Hall–Kier alpha value is -0.680. The molecule has 0 aromatic carbocycles. The van der Waals surface area contributed by atoms with Gasteiger partial charge in [0.1, 0.15) is 6.61 Å². The van der Waals surface area contributed by atoms with Crippen molar-refractivity contribution in [2.75, 3.05) is 20.2 Å². The van der Waals surface area contributed by atoms with E-state index in [1.54, 1.807) is 6.20 Å². The van der Waals surface area contributed by atoms with Crippen molar-refractivity contribution in [3.63, 3.8) is 0 Å². The van der Waals surface area contributed by atoms with Gasteiger partial charge in [-0.25, -0.2) is 9.37 Å². The first-order valence-electron chi connectivity index (χ1n) is 5.81. The van der Waals surface area contributed by atoms with Crippen LogP contribution in [0.1, 0.15) is 19.3 Å². The number of rotatable bonds is 3. The second-order valence-electron chi connectivity index (χ2n) is 4.38. The van der Waals surface area contributed by atoms with Crippen LogP contribution in [0.2, 0.25) is 0 Å². The van der Waals surface area contributed by atoms with Gasteiger partial charge in [-0.1, -0.05) is 6.42 Å². The molecular weight excluding hydrogens is 287 g/mol. The zero-order valence-corrected chi connectivity index (χ0v) is 11.4.